The van der Waals surface area contributed by atoms with Gasteiger partial charge in [0.25, 0.3) is 0 Å². The van der Waals surface area contributed by atoms with E-state index < -0.39 is 17.9 Å². The molecule has 2 aromatic carbocycles. The number of carbonyl (C=O) groups excluding carboxylic acids is 3. The van der Waals surface area contributed by atoms with Gasteiger partial charge in [-0.1, -0.05) is 60.7 Å². The van der Waals surface area contributed by atoms with Gasteiger partial charge in [-0.2, -0.15) is 0 Å². The Bertz CT molecular complexity index is 1610. The molecular weight excluding hydrogens is 486 g/mol. The number of imidazole rings is 1. The summed E-state index contributed by atoms with van der Waals surface area (Å²) < 4.78 is 16.1. The smallest absolute Gasteiger partial charge is 0.355 e. The van der Waals surface area contributed by atoms with Crippen LogP contribution in [0, 0.1) is 0 Å². The first-order valence-corrected chi connectivity index (χ1v) is 11.6. The van der Waals surface area contributed by atoms with E-state index in [4.69, 9.17) is 19.2 Å². The number of aromatic nitrogens is 3. The molecule has 0 aliphatic rings. The highest BCUT2D eigenvalue weighted by molar-refractivity contribution is 6.14. The van der Waals surface area contributed by atoms with Gasteiger partial charge >= 0.3 is 17.9 Å². The summed E-state index contributed by atoms with van der Waals surface area (Å²) in [5.41, 5.74) is 3.83. The van der Waals surface area contributed by atoms with Crippen molar-refractivity contribution in [2.24, 2.45) is 0 Å². The summed E-state index contributed by atoms with van der Waals surface area (Å²) in [6, 6.07) is 23.0. The molecule has 0 aliphatic carbocycles. The standard InChI is InChI=1S/C29H23N3O6/c1-36-27(33)21-20-16-19(14-15-32(20)25(29(35)38-3)22(21)28(34)37-2)26-30-23(17-10-6-4-7-11-17)24(31-26)18-12-8-5-9-13-18/h4-16H,1-3H3,(H,30,31). The summed E-state index contributed by atoms with van der Waals surface area (Å²) >= 11 is 0. The van der Waals surface area contributed by atoms with Crippen LogP contribution in [0.5, 0.6) is 0 Å². The Morgan fingerprint density at radius 3 is 1.89 bits per heavy atom. The van der Waals surface area contributed by atoms with E-state index in [1.165, 1.54) is 18.6 Å². The Hall–Kier alpha value is -5.18. The van der Waals surface area contributed by atoms with E-state index in [1.54, 1.807) is 18.3 Å². The molecule has 0 saturated heterocycles. The van der Waals surface area contributed by atoms with Gasteiger partial charge in [-0.3, -0.25) is 0 Å². The van der Waals surface area contributed by atoms with Gasteiger partial charge in [0.2, 0.25) is 0 Å². The lowest BCUT2D eigenvalue weighted by Gasteiger charge is -2.04. The first kappa shape index (κ1) is 24.5. The summed E-state index contributed by atoms with van der Waals surface area (Å²) in [4.78, 5) is 46.6. The van der Waals surface area contributed by atoms with Gasteiger partial charge in [-0.25, -0.2) is 19.4 Å². The Labute approximate surface area is 217 Å². The summed E-state index contributed by atoms with van der Waals surface area (Å²) in [5, 5.41) is 0. The van der Waals surface area contributed by atoms with Crippen LogP contribution < -0.4 is 0 Å². The zero-order valence-corrected chi connectivity index (χ0v) is 20.8. The SMILES string of the molecule is COC(=O)c1c(C(=O)OC)c2cc(-c3nc(-c4ccccc4)c(-c4ccccc4)[nH]3)ccn2c1C(=O)OC. The summed E-state index contributed by atoms with van der Waals surface area (Å²) in [7, 11) is 3.55. The van der Waals surface area contributed by atoms with Gasteiger partial charge in [0.15, 0.2) is 0 Å². The quantitative estimate of drug-likeness (QED) is 0.253. The molecule has 0 unspecified atom stereocenters. The number of esters is 3. The molecule has 5 aromatic rings. The molecule has 38 heavy (non-hydrogen) atoms. The number of hydrogen-bond acceptors (Lipinski definition) is 7. The fourth-order valence-electron chi connectivity index (χ4n) is 4.44. The minimum absolute atomic E-state index is 0.111. The van der Waals surface area contributed by atoms with Crippen molar-refractivity contribution < 1.29 is 28.6 Å². The lowest BCUT2D eigenvalue weighted by atomic mass is 10.1. The molecule has 9 heteroatoms. The van der Waals surface area contributed by atoms with Crippen LogP contribution in [0.15, 0.2) is 79.0 Å². The first-order valence-electron chi connectivity index (χ1n) is 11.6. The molecule has 0 amide bonds. The van der Waals surface area contributed by atoms with Crippen LogP contribution in [0.1, 0.15) is 31.2 Å². The zero-order chi connectivity index (χ0) is 26.8. The normalized spacial score (nSPS) is 10.8. The van der Waals surface area contributed by atoms with E-state index in [0.29, 0.717) is 11.4 Å². The molecule has 0 bridgehead atoms. The molecule has 5 rings (SSSR count). The number of benzene rings is 2. The molecule has 9 nitrogen and oxygen atoms in total. The average molecular weight is 510 g/mol. The number of H-pyrrole nitrogens is 1. The number of nitrogens with zero attached hydrogens (tertiary/aromatic N) is 2. The van der Waals surface area contributed by atoms with E-state index in [9.17, 15) is 14.4 Å². The Morgan fingerprint density at radius 2 is 1.29 bits per heavy atom. The Morgan fingerprint density at radius 1 is 0.711 bits per heavy atom. The third-order valence-corrected chi connectivity index (χ3v) is 6.18. The summed E-state index contributed by atoms with van der Waals surface area (Å²) in [6.45, 7) is 0. The lowest BCUT2D eigenvalue weighted by molar-refractivity contribution is 0.0536. The number of ether oxygens (including phenoxy) is 3. The largest absolute Gasteiger partial charge is 0.465 e. The summed E-state index contributed by atoms with van der Waals surface area (Å²) in [6.07, 6.45) is 1.57. The van der Waals surface area contributed by atoms with Crippen LogP contribution in [0.3, 0.4) is 0 Å². The maximum absolute atomic E-state index is 12.9. The second-order valence-corrected chi connectivity index (χ2v) is 8.29. The average Bonchev–Trinajstić information content (AvgIpc) is 3.57. The molecule has 0 atom stereocenters. The van der Waals surface area contributed by atoms with Crippen molar-refractivity contribution in [1.82, 2.24) is 14.4 Å². The first-order chi connectivity index (χ1) is 18.5. The molecule has 0 radical (unpaired) electrons. The van der Waals surface area contributed by atoms with Gasteiger partial charge in [0.05, 0.1) is 38.2 Å². The number of methoxy groups -OCH3 is 3. The maximum atomic E-state index is 12.9. The van der Waals surface area contributed by atoms with E-state index in [-0.39, 0.29) is 22.3 Å². The minimum atomic E-state index is -0.869. The molecule has 1 N–H and O–H groups in total. The van der Waals surface area contributed by atoms with Crippen molar-refractivity contribution in [3.8, 4) is 33.9 Å². The molecule has 3 heterocycles. The van der Waals surface area contributed by atoms with Gasteiger partial charge in [-0.05, 0) is 12.1 Å². The van der Waals surface area contributed by atoms with Crippen LogP contribution >= 0.6 is 0 Å². The fraction of sp³-hybridized carbons (Fsp3) is 0.103. The van der Waals surface area contributed by atoms with E-state index in [0.717, 1.165) is 29.6 Å². The Balaban J connectivity index is 1.77. The highest BCUT2D eigenvalue weighted by Gasteiger charge is 2.33. The van der Waals surface area contributed by atoms with Crippen molar-refractivity contribution in [2.45, 2.75) is 0 Å². The molecule has 0 fully saturated rings. The van der Waals surface area contributed by atoms with Gasteiger partial charge in [-0.15, -0.1) is 0 Å². The van der Waals surface area contributed by atoms with Crippen LogP contribution in [0.4, 0.5) is 0 Å². The van der Waals surface area contributed by atoms with E-state index >= 15 is 0 Å². The maximum Gasteiger partial charge on any atom is 0.355 e. The highest BCUT2D eigenvalue weighted by Crippen LogP contribution is 2.34. The van der Waals surface area contributed by atoms with Crippen LogP contribution in [0.25, 0.3) is 39.4 Å². The van der Waals surface area contributed by atoms with Gasteiger partial charge < -0.3 is 23.6 Å². The number of pyridine rings is 1. The van der Waals surface area contributed by atoms with Crippen LogP contribution in [-0.2, 0) is 14.2 Å². The number of carbonyl (C=O) groups is 3. The van der Waals surface area contributed by atoms with Crippen LogP contribution in [-0.4, -0.2) is 53.6 Å². The Kier molecular flexibility index (Phi) is 6.49. The molecule has 3 aromatic heterocycles. The molecule has 190 valence electrons. The van der Waals surface area contributed by atoms with Crippen LogP contribution in [0.2, 0.25) is 0 Å². The molecule has 0 spiro atoms. The van der Waals surface area contributed by atoms with E-state index in [1.807, 2.05) is 60.7 Å². The zero-order valence-electron chi connectivity index (χ0n) is 20.8. The number of fused-ring (bicyclic) bond motifs is 1. The number of nitrogens with one attached hydrogen (secondary N) is 1. The second-order valence-electron chi connectivity index (χ2n) is 8.29. The lowest BCUT2D eigenvalue weighted by Crippen LogP contribution is -2.15. The third-order valence-electron chi connectivity index (χ3n) is 6.18. The molecule has 0 saturated carbocycles. The van der Waals surface area contributed by atoms with Crippen molar-refractivity contribution in [3.63, 3.8) is 0 Å². The predicted molar refractivity (Wildman–Crippen MR) is 140 cm³/mol. The van der Waals surface area contributed by atoms with E-state index in [2.05, 4.69) is 4.98 Å². The van der Waals surface area contributed by atoms with Gasteiger partial charge in [0, 0.05) is 22.9 Å². The fourth-order valence-corrected chi connectivity index (χ4v) is 4.44. The topological polar surface area (TPSA) is 112 Å². The number of hydrogen-bond donors (Lipinski definition) is 1. The highest BCUT2D eigenvalue weighted by atomic mass is 16.5. The van der Waals surface area contributed by atoms with Crippen molar-refractivity contribution in [1.29, 1.82) is 0 Å². The van der Waals surface area contributed by atoms with Crippen molar-refractivity contribution >= 4 is 23.4 Å². The molecular formula is C29H23N3O6. The third kappa shape index (κ3) is 4.09. The second kappa shape index (κ2) is 10.1. The van der Waals surface area contributed by atoms with Crippen molar-refractivity contribution in [3.05, 3.63) is 95.8 Å². The van der Waals surface area contributed by atoms with Gasteiger partial charge in [0.1, 0.15) is 22.6 Å². The predicted octanol–water partition coefficient (Wildman–Crippen LogP) is 5.02. The minimum Gasteiger partial charge on any atom is -0.465 e. The van der Waals surface area contributed by atoms with Crippen molar-refractivity contribution in [2.75, 3.05) is 21.3 Å². The monoisotopic (exact) mass is 509 g/mol. The number of rotatable bonds is 6. The summed E-state index contributed by atoms with van der Waals surface area (Å²) in [5.74, 6) is -1.95. The molecule has 0 aliphatic heterocycles. The number of aromatic amines is 1.